The highest BCUT2D eigenvalue weighted by Gasteiger charge is 2.22. The first-order valence-corrected chi connectivity index (χ1v) is 7.05. The predicted molar refractivity (Wildman–Crippen MR) is 72.2 cm³/mol. The van der Waals surface area contributed by atoms with Crippen LogP contribution < -0.4 is 10.0 Å². The third-order valence-electron chi connectivity index (χ3n) is 2.47. The van der Waals surface area contributed by atoms with Crippen LogP contribution in [0.2, 0.25) is 0 Å². The van der Waals surface area contributed by atoms with Crippen molar-refractivity contribution in [1.82, 2.24) is 20.2 Å². The average Bonchev–Trinajstić information content (AvgIpc) is 2.82. The maximum atomic E-state index is 12.2. The second kappa shape index (κ2) is 5.32. The lowest BCUT2D eigenvalue weighted by Gasteiger charge is -2.09. The van der Waals surface area contributed by atoms with Crippen LogP contribution in [0.3, 0.4) is 0 Å². The van der Waals surface area contributed by atoms with E-state index >= 15 is 0 Å². The van der Waals surface area contributed by atoms with E-state index in [9.17, 15) is 18.5 Å². The Morgan fingerprint density at radius 3 is 2.62 bits per heavy atom. The van der Waals surface area contributed by atoms with Crippen LogP contribution >= 0.6 is 0 Å². The van der Waals surface area contributed by atoms with E-state index in [0.29, 0.717) is 0 Å². The number of hydrogen-bond acceptors (Lipinski definition) is 8. The average molecular weight is 313 g/mol. The molecule has 0 amide bonds. The van der Waals surface area contributed by atoms with Crippen molar-refractivity contribution in [2.45, 2.75) is 4.90 Å². The van der Waals surface area contributed by atoms with E-state index in [0.717, 1.165) is 23.0 Å². The number of nitrogens with one attached hydrogen (secondary N) is 2. The van der Waals surface area contributed by atoms with Crippen LogP contribution in [0, 0.1) is 10.1 Å². The Morgan fingerprint density at radius 1 is 1.38 bits per heavy atom. The first-order valence-electron chi connectivity index (χ1n) is 5.56. The van der Waals surface area contributed by atoms with Crippen molar-refractivity contribution in [3.8, 4) is 0 Å². The number of benzene rings is 1. The molecule has 0 spiro atoms. The highest BCUT2D eigenvalue weighted by molar-refractivity contribution is 7.92. The third-order valence-corrected chi connectivity index (χ3v) is 3.85. The molecule has 2 N–H and O–H groups in total. The van der Waals surface area contributed by atoms with Crippen LogP contribution in [-0.4, -0.2) is 40.6 Å². The Kier molecular flexibility index (Phi) is 3.71. The molecular weight excluding hydrogens is 302 g/mol. The van der Waals surface area contributed by atoms with E-state index < -0.39 is 14.9 Å². The van der Waals surface area contributed by atoms with Gasteiger partial charge in [0.25, 0.3) is 21.7 Å². The molecule has 112 valence electrons. The molecule has 0 aliphatic rings. The van der Waals surface area contributed by atoms with Gasteiger partial charge in [-0.15, -0.1) is 5.10 Å². The zero-order valence-corrected chi connectivity index (χ0v) is 11.8. The summed E-state index contributed by atoms with van der Waals surface area (Å²) in [6.07, 6.45) is 0. The molecule has 1 aromatic heterocycles. The molecule has 0 bridgehead atoms. The Morgan fingerprint density at radius 2 is 2.10 bits per heavy atom. The Labute approximate surface area is 119 Å². The molecule has 0 saturated carbocycles. The van der Waals surface area contributed by atoms with Gasteiger partial charge in [0.2, 0.25) is 0 Å². The summed E-state index contributed by atoms with van der Waals surface area (Å²) in [5.74, 6) is -0.196. The van der Waals surface area contributed by atoms with Gasteiger partial charge < -0.3 is 5.32 Å². The van der Waals surface area contributed by atoms with Gasteiger partial charge in [0.05, 0.1) is 17.7 Å². The molecule has 0 unspecified atom stereocenters. The molecular formula is C9H11N7O4S. The minimum atomic E-state index is -4.00. The van der Waals surface area contributed by atoms with Crippen molar-refractivity contribution in [2.24, 2.45) is 7.05 Å². The largest absolute Gasteiger partial charge is 0.387 e. The van der Waals surface area contributed by atoms with Gasteiger partial charge in [0.15, 0.2) is 0 Å². The number of non-ortho nitro benzene ring substituents is 1. The molecule has 21 heavy (non-hydrogen) atoms. The fraction of sp³-hybridized carbons (Fsp3) is 0.222. The summed E-state index contributed by atoms with van der Waals surface area (Å²) in [5, 5.41) is 24.0. The first-order chi connectivity index (χ1) is 9.83. The van der Waals surface area contributed by atoms with E-state index in [4.69, 9.17) is 0 Å². The van der Waals surface area contributed by atoms with Gasteiger partial charge in [-0.3, -0.25) is 10.1 Å². The number of sulfonamides is 1. The van der Waals surface area contributed by atoms with Gasteiger partial charge >= 0.3 is 0 Å². The second-order valence-corrected chi connectivity index (χ2v) is 5.55. The van der Waals surface area contributed by atoms with E-state index in [2.05, 4.69) is 25.4 Å². The molecule has 1 heterocycles. The minimum absolute atomic E-state index is 0.0839. The lowest BCUT2D eigenvalue weighted by atomic mass is 10.3. The van der Waals surface area contributed by atoms with Gasteiger partial charge in [0, 0.05) is 19.2 Å². The molecule has 2 rings (SSSR count). The lowest BCUT2D eigenvalue weighted by molar-refractivity contribution is -0.384. The molecule has 0 aliphatic heterocycles. The zero-order valence-electron chi connectivity index (χ0n) is 11.0. The van der Waals surface area contributed by atoms with Crippen LogP contribution in [0.1, 0.15) is 0 Å². The molecule has 11 nitrogen and oxygen atoms in total. The zero-order chi connectivity index (χ0) is 15.6. The third kappa shape index (κ3) is 3.05. The summed E-state index contributed by atoms with van der Waals surface area (Å²) in [6.45, 7) is 0. The molecule has 0 aliphatic carbocycles. The van der Waals surface area contributed by atoms with Gasteiger partial charge in [-0.1, -0.05) is 5.10 Å². The summed E-state index contributed by atoms with van der Waals surface area (Å²) in [6, 6.07) is 3.35. The predicted octanol–water partition coefficient (Wildman–Crippen LogP) is -0.0392. The van der Waals surface area contributed by atoms with Crippen LogP contribution in [0.5, 0.6) is 0 Å². The van der Waals surface area contributed by atoms with Crippen LogP contribution in [0.25, 0.3) is 0 Å². The fourth-order valence-electron chi connectivity index (χ4n) is 1.56. The Bertz CT molecular complexity index is 785. The van der Waals surface area contributed by atoms with Crippen LogP contribution in [-0.2, 0) is 17.1 Å². The van der Waals surface area contributed by atoms with Gasteiger partial charge in [-0.25, -0.2) is 13.1 Å². The number of hydrogen-bond donors (Lipinski definition) is 2. The Balaban J connectivity index is 2.42. The topological polar surface area (TPSA) is 145 Å². The standard InChI is InChI=1S/C9H11N7O4S/c1-10-7-5-6(16(17)18)3-4-8(7)21(19,20)13-9-11-14-15(2)12-9/h3-5,10H,1-2H3,(H,12,13). The number of tetrazole rings is 1. The van der Waals surface area contributed by atoms with Gasteiger partial charge in [-0.2, -0.15) is 4.80 Å². The highest BCUT2D eigenvalue weighted by Crippen LogP contribution is 2.27. The minimum Gasteiger partial charge on any atom is -0.387 e. The number of nitro benzene ring substituents is 1. The van der Waals surface area contributed by atoms with Crippen molar-refractivity contribution in [3.05, 3.63) is 28.3 Å². The maximum Gasteiger partial charge on any atom is 0.277 e. The maximum absolute atomic E-state index is 12.2. The van der Waals surface area contributed by atoms with Crippen LogP contribution in [0.4, 0.5) is 17.3 Å². The lowest BCUT2D eigenvalue weighted by Crippen LogP contribution is -2.16. The molecule has 0 radical (unpaired) electrons. The summed E-state index contributed by atoms with van der Waals surface area (Å²) in [5.41, 5.74) is -0.142. The molecule has 12 heteroatoms. The molecule has 0 saturated heterocycles. The SMILES string of the molecule is CNc1cc([N+](=O)[O-])ccc1S(=O)(=O)Nc1nnn(C)n1. The van der Waals surface area contributed by atoms with E-state index in [1.54, 1.807) is 0 Å². The summed E-state index contributed by atoms with van der Waals surface area (Å²) < 4.78 is 26.6. The number of aromatic nitrogens is 4. The molecule has 1 aromatic carbocycles. The van der Waals surface area contributed by atoms with Crippen LogP contribution in [0.15, 0.2) is 23.1 Å². The second-order valence-electron chi connectivity index (χ2n) is 3.90. The van der Waals surface area contributed by atoms with Crippen molar-refractivity contribution in [3.63, 3.8) is 0 Å². The van der Waals surface area contributed by atoms with E-state index in [1.165, 1.54) is 14.1 Å². The number of nitrogens with zero attached hydrogens (tertiary/aromatic N) is 5. The smallest absolute Gasteiger partial charge is 0.277 e. The first kappa shape index (κ1) is 14.6. The van der Waals surface area contributed by atoms with Gasteiger partial charge in [-0.05, 0) is 11.3 Å². The molecule has 0 fully saturated rings. The van der Waals surface area contributed by atoms with Crippen molar-refractivity contribution in [2.75, 3.05) is 17.1 Å². The molecule has 2 aromatic rings. The Hall–Kier alpha value is -2.76. The summed E-state index contributed by atoms with van der Waals surface area (Å²) in [7, 11) is -1.06. The number of anilines is 2. The van der Waals surface area contributed by atoms with Crippen molar-refractivity contribution in [1.29, 1.82) is 0 Å². The fourth-order valence-corrected chi connectivity index (χ4v) is 2.69. The normalized spacial score (nSPS) is 11.1. The number of aryl methyl sites for hydroxylation is 1. The van der Waals surface area contributed by atoms with Crippen molar-refractivity contribution >= 4 is 27.3 Å². The van der Waals surface area contributed by atoms with Gasteiger partial charge in [0.1, 0.15) is 4.90 Å². The molecule has 0 atom stereocenters. The summed E-state index contributed by atoms with van der Waals surface area (Å²) >= 11 is 0. The number of rotatable bonds is 5. The summed E-state index contributed by atoms with van der Waals surface area (Å²) in [4.78, 5) is 11.0. The number of nitro groups is 1. The van der Waals surface area contributed by atoms with E-state index in [-0.39, 0.29) is 22.2 Å². The van der Waals surface area contributed by atoms with E-state index in [1.807, 2.05) is 0 Å². The quantitative estimate of drug-likeness (QED) is 0.577. The highest BCUT2D eigenvalue weighted by atomic mass is 32.2. The monoisotopic (exact) mass is 313 g/mol. The van der Waals surface area contributed by atoms with Crippen molar-refractivity contribution < 1.29 is 13.3 Å².